The number of hydrogen-bond donors (Lipinski definition) is 2. The average Bonchev–Trinajstić information content (AvgIpc) is 3.25. The van der Waals surface area contributed by atoms with Crippen LogP contribution >= 0.6 is 0 Å². The highest BCUT2D eigenvalue weighted by Gasteiger charge is 2.41. The van der Waals surface area contributed by atoms with Crippen LogP contribution in [0.2, 0.25) is 0 Å². The van der Waals surface area contributed by atoms with Crippen molar-refractivity contribution in [2.24, 2.45) is 10.3 Å². The van der Waals surface area contributed by atoms with E-state index in [-0.39, 0.29) is 11.4 Å². The van der Waals surface area contributed by atoms with E-state index in [1.165, 1.54) is 12.1 Å². The van der Waals surface area contributed by atoms with Crippen molar-refractivity contribution in [3.05, 3.63) is 71.8 Å². The Morgan fingerprint density at radius 2 is 1.80 bits per heavy atom. The molecule has 2 aromatic carbocycles. The van der Waals surface area contributed by atoms with Crippen molar-refractivity contribution in [1.82, 2.24) is 14.8 Å². The number of rotatable bonds is 3. The van der Waals surface area contributed by atoms with Crippen LogP contribution in [0.25, 0.3) is 16.5 Å². The Morgan fingerprint density at radius 3 is 2.54 bits per heavy atom. The van der Waals surface area contributed by atoms with Gasteiger partial charge in [-0.3, -0.25) is 15.2 Å². The number of hydrogen-bond acceptors (Lipinski definition) is 6. The number of aromatic nitrogens is 3. The van der Waals surface area contributed by atoms with Gasteiger partial charge in [-0.1, -0.05) is 17.4 Å². The maximum atomic E-state index is 14.1. The minimum absolute atomic E-state index is 0.0131. The molecule has 4 aromatic rings. The maximum absolute atomic E-state index is 14.1. The number of halogens is 6. The van der Waals surface area contributed by atoms with Gasteiger partial charge in [-0.15, -0.1) is 5.11 Å². The van der Waals surface area contributed by atoms with E-state index in [1.807, 2.05) is 0 Å². The number of carbonyl (C=O) groups is 1. The molecular formula is C21H11F6N7O. The largest absolute Gasteiger partial charge is 0.434 e. The molecule has 0 fully saturated rings. The van der Waals surface area contributed by atoms with Crippen LogP contribution in [0.15, 0.2) is 65.2 Å². The van der Waals surface area contributed by atoms with Crippen molar-refractivity contribution in [2.75, 3.05) is 10.7 Å². The van der Waals surface area contributed by atoms with Crippen molar-refractivity contribution in [3.63, 3.8) is 0 Å². The van der Waals surface area contributed by atoms with Gasteiger partial charge in [0.25, 0.3) is 5.91 Å². The molecule has 1 aliphatic rings. The average molecular weight is 491 g/mol. The molecule has 5 rings (SSSR count). The molecule has 8 nitrogen and oxygen atoms in total. The molecular weight excluding hydrogens is 480 g/mol. The molecule has 1 amide bonds. The molecule has 0 saturated carbocycles. The zero-order chi connectivity index (χ0) is 25.0. The molecule has 1 aliphatic heterocycles. The number of amides is 1. The lowest BCUT2D eigenvalue weighted by atomic mass is 10.0. The predicted molar refractivity (Wildman–Crippen MR) is 111 cm³/mol. The van der Waals surface area contributed by atoms with Gasteiger partial charge in [-0.2, -0.15) is 31.4 Å². The minimum Gasteiger partial charge on any atom is -0.322 e. The smallest absolute Gasteiger partial charge is 0.322 e. The van der Waals surface area contributed by atoms with E-state index in [9.17, 15) is 31.1 Å². The number of nitrogens with zero attached hydrogens (tertiary/aromatic N) is 5. The molecule has 14 heteroatoms. The first kappa shape index (κ1) is 22.3. The quantitative estimate of drug-likeness (QED) is 0.337. The fraction of sp³-hybridized carbons (Fsp3) is 0.0952. The van der Waals surface area contributed by atoms with E-state index < -0.39 is 35.2 Å². The topological polar surface area (TPSA) is 96.6 Å². The molecule has 0 radical (unpaired) electrons. The lowest BCUT2D eigenvalue weighted by Gasteiger charge is -2.17. The van der Waals surface area contributed by atoms with Crippen molar-refractivity contribution in [3.8, 4) is 5.69 Å². The van der Waals surface area contributed by atoms with Crippen LogP contribution in [0, 0.1) is 0 Å². The first-order chi connectivity index (χ1) is 16.5. The van der Waals surface area contributed by atoms with Gasteiger partial charge >= 0.3 is 12.4 Å². The van der Waals surface area contributed by atoms with E-state index in [0.717, 1.165) is 12.3 Å². The van der Waals surface area contributed by atoms with E-state index in [0.29, 0.717) is 39.1 Å². The lowest BCUT2D eigenvalue weighted by Crippen LogP contribution is -2.21. The molecule has 2 N–H and O–H groups in total. The molecule has 2 aromatic heterocycles. The lowest BCUT2D eigenvalue weighted by molar-refractivity contribution is -0.143. The fourth-order valence-corrected chi connectivity index (χ4v) is 3.70. The zero-order valence-electron chi connectivity index (χ0n) is 17.1. The predicted octanol–water partition coefficient (Wildman–Crippen LogP) is 6.13. The summed E-state index contributed by atoms with van der Waals surface area (Å²) in [7, 11) is 0. The highest BCUT2D eigenvalue weighted by Crippen LogP contribution is 2.41. The number of alkyl halides is 6. The summed E-state index contributed by atoms with van der Waals surface area (Å²) in [5, 5.41) is 14.4. The van der Waals surface area contributed by atoms with Gasteiger partial charge in [0.2, 0.25) is 0 Å². The number of pyridine rings is 1. The van der Waals surface area contributed by atoms with Gasteiger partial charge in [0.15, 0.2) is 5.69 Å². The van der Waals surface area contributed by atoms with Gasteiger partial charge in [0.05, 0.1) is 28.8 Å². The summed E-state index contributed by atoms with van der Waals surface area (Å²) in [5.74, 6) is -1.29. The van der Waals surface area contributed by atoms with E-state index in [4.69, 9.17) is 0 Å². The number of carbonyl (C=O) groups excluding carboxylic acids is 1. The van der Waals surface area contributed by atoms with Gasteiger partial charge < -0.3 is 5.32 Å². The van der Waals surface area contributed by atoms with Crippen LogP contribution in [0.1, 0.15) is 21.7 Å². The summed E-state index contributed by atoms with van der Waals surface area (Å²) < 4.78 is 81.7. The molecule has 0 unspecified atom stereocenters. The Hall–Kier alpha value is -4.49. The van der Waals surface area contributed by atoms with Crippen LogP contribution in [0.5, 0.6) is 0 Å². The van der Waals surface area contributed by atoms with Gasteiger partial charge in [0, 0.05) is 22.7 Å². The molecule has 0 bridgehead atoms. The van der Waals surface area contributed by atoms with E-state index in [1.54, 1.807) is 18.2 Å². The van der Waals surface area contributed by atoms with Crippen LogP contribution in [0.4, 0.5) is 43.4 Å². The van der Waals surface area contributed by atoms with Crippen molar-refractivity contribution in [1.29, 1.82) is 0 Å². The Bertz CT molecular complexity index is 1510. The summed E-state index contributed by atoms with van der Waals surface area (Å²) in [6.07, 6.45) is -8.34. The monoisotopic (exact) mass is 491 g/mol. The molecule has 0 aliphatic carbocycles. The van der Waals surface area contributed by atoms with Crippen LogP contribution in [-0.4, -0.2) is 20.7 Å². The fourth-order valence-electron chi connectivity index (χ4n) is 3.70. The SMILES string of the molecule is O=C(Nc1ccnc(C(F)(F)F)c1)c1cnn(-c2ccc3c4c(cccc24)N=NN3)c1C(F)(F)F. The second-order valence-corrected chi connectivity index (χ2v) is 7.34. The third kappa shape index (κ3) is 3.92. The molecule has 3 heterocycles. The van der Waals surface area contributed by atoms with Crippen molar-refractivity contribution < 1.29 is 31.1 Å². The third-order valence-electron chi connectivity index (χ3n) is 5.14. The number of anilines is 2. The molecule has 0 saturated heterocycles. The second-order valence-electron chi connectivity index (χ2n) is 7.34. The first-order valence-corrected chi connectivity index (χ1v) is 9.77. The maximum Gasteiger partial charge on any atom is 0.434 e. The summed E-state index contributed by atoms with van der Waals surface area (Å²) in [5.41, 5.74) is -0.326. The molecule has 0 spiro atoms. The van der Waals surface area contributed by atoms with Crippen molar-refractivity contribution in [2.45, 2.75) is 12.4 Å². The second kappa shape index (κ2) is 7.78. The Balaban J connectivity index is 1.60. The molecule has 0 atom stereocenters. The summed E-state index contributed by atoms with van der Waals surface area (Å²) >= 11 is 0. The van der Waals surface area contributed by atoms with E-state index >= 15 is 0 Å². The van der Waals surface area contributed by atoms with Crippen LogP contribution in [0.3, 0.4) is 0 Å². The summed E-state index contributed by atoms with van der Waals surface area (Å²) in [6, 6.07) is 9.20. The van der Waals surface area contributed by atoms with Crippen molar-refractivity contribution >= 4 is 33.7 Å². The summed E-state index contributed by atoms with van der Waals surface area (Å²) in [6.45, 7) is 0. The highest BCUT2D eigenvalue weighted by molar-refractivity contribution is 6.07. The van der Waals surface area contributed by atoms with Crippen LogP contribution < -0.4 is 10.7 Å². The standard InChI is InChI=1S/C21H11F6N7O/c22-20(23,24)16-8-10(6-7-28-16)30-19(35)12-9-29-34(18(12)21(25,26)27)15-5-4-14-17-11(15)2-1-3-13(17)31-33-32-14/h1-9H,(H,31,32)(H,28,30,35). The Morgan fingerprint density at radius 1 is 1.00 bits per heavy atom. The van der Waals surface area contributed by atoms with Gasteiger partial charge in [0.1, 0.15) is 5.69 Å². The Kier molecular flexibility index (Phi) is 4.96. The van der Waals surface area contributed by atoms with Gasteiger partial charge in [-0.25, -0.2) is 4.68 Å². The zero-order valence-corrected chi connectivity index (χ0v) is 17.1. The molecule has 178 valence electrons. The summed E-state index contributed by atoms with van der Waals surface area (Å²) in [4.78, 5) is 15.9. The number of benzene rings is 2. The normalized spacial score (nSPS) is 13.1. The first-order valence-electron chi connectivity index (χ1n) is 9.77. The minimum atomic E-state index is -5.03. The molecule has 35 heavy (non-hydrogen) atoms. The Labute approximate surface area is 191 Å². The number of nitrogens with one attached hydrogen (secondary N) is 2. The van der Waals surface area contributed by atoms with Crippen LogP contribution in [-0.2, 0) is 12.4 Å². The van der Waals surface area contributed by atoms with Gasteiger partial charge in [-0.05, 0) is 30.3 Å². The third-order valence-corrected chi connectivity index (χ3v) is 5.14. The highest BCUT2D eigenvalue weighted by atomic mass is 19.4. The van der Waals surface area contributed by atoms with E-state index in [2.05, 4.69) is 31.2 Å².